The van der Waals surface area contributed by atoms with E-state index in [0.717, 1.165) is 11.3 Å². The van der Waals surface area contributed by atoms with Gasteiger partial charge in [-0.2, -0.15) is 4.98 Å². The van der Waals surface area contributed by atoms with Crippen LogP contribution in [0.5, 0.6) is 5.75 Å². The molecule has 0 aliphatic carbocycles. The van der Waals surface area contributed by atoms with Gasteiger partial charge in [-0.05, 0) is 18.2 Å². The van der Waals surface area contributed by atoms with Gasteiger partial charge in [-0.25, -0.2) is 4.39 Å². The van der Waals surface area contributed by atoms with Gasteiger partial charge in [0.1, 0.15) is 17.7 Å². The van der Waals surface area contributed by atoms with Gasteiger partial charge in [0.2, 0.25) is 5.89 Å². The van der Waals surface area contributed by atoms with E-state index in [4.69, 9.17) is 9.26 Å². The second-order valence-electron chi connectivity index (χ2n) is 4.56. The smallest absolute Gasteiger partial charge is 0.223 e. The highest BCUT2D eigenvalue weighted by molar-refractivity contribution is 5.37. The van der Waals surface area contributed by atoms with Crippen molar-refractivity contribution in [2.75, 3.05) is 6.54 Å². The largest absolute Gasteiger partial charge is 0.488 e. The number of ether oxygens (including phenoxy) is 1. The van der Waals surface area contributed by atoms with Crippen LogP contribution in [0.2, 0.25) is 0 Å². The van der Waals surface area contributed by atoms with E-state index < -0.39 is 0 Å². The maximum absolute atomic E-state index is 13.1. The minimum Gasteiger partial charge on any atom is -0.488 e. The highest BCUT2D eigenvalue weighted by atomic mass is 19.1. The lowest BCUT2D eigenvalue weighted by Gasteiger charge is -2.10. The van der Waals surface area contributed by atoms with Gasteiger partial charge in [-0.15, -0.1) is 0 Å². The summed E-state index contributed by atoms with van der Waals surface area (Å²) in [5, 5.41) is 6.99. The van der Waals surface area contributed by atoms with Crippen molar-refractivity contribution in [3.63, 3.8) is 0 Å². The summed E-state index contributed by atoms with van der Waals surface area (Å²) < 4.78 is 23.7. The molecule has 0 fully saturated rings. The molecule has 100 valence electrons. The summed E-state index contributed by atoms with van der Waals surface area (Å²) in [6, 6.07) is 4.61. The summed E-state index contributed by atoms with van der Waals surface area (Å²) in [6.45, 7) is 2.94. The molecule has 0 radical (unpaired) electrons. The molecule has 1 N–H and O–H groups in total. The Morgan fingerprint density at radius 1 is 1.47 bits per heavy atom. The van der Waals surface area contributed by atoms with Crippen molar-refractivity contribution < 1.29 is 13.7 Å². The number of halogens is 1. The van der Waals surface area contributed by atoms with Crippen LogP contribution < -0.4 is 10.1 Å². The lowest BCUT2D eigenvalue weighted by Crippen LogP contribution is -2.30. The number of aromatic nitrogens is 2. The van der Waals surface area contributed by atoms with E-state index in [1.54, 1.807) is 13.0 Å². The molecular formula is C13H14FN3O2. The zero-order valence-electron chi connectivity index (χ0n) is 10.5. The van der Waals surface area contributed by atoms with Gasteiger partial charge >= 0.3 is 0 Å². The van der Waals surface area contributed by atoms with Crippen molar-refractivity contribution in [3.05, 3.63) is 41.3 Å². The molecule has 2 heterocycles. The van der Waals surface area contributed by atoms with Gasteiger partial charge < -0.3 is 14.6 Å². The minimum absolute atomic E-state index is 0.0183. The first kappa shape index (κ1) is 12.1. The molecule has 1 aliphatic rings. The average Bonchev–Trinajstić information content (AvgIpc) is 2.95. The molecule has 19 heavy (non-hydrogen) atoms. The molecule has 6 heteroatoms. The Morgan fingerprint density at radius 3 is 3.16 bits per heavy atom. The predicted octanol–water partition coefficient (Wildman–Crippen LogP) is 1.61. The third-order valence-electron chi connectivity index (χ3n) is 2.99. The number of aryl methyl sites for hydroxylation is 1. The molecule has 0 saturated heterocycles. The van der Waals surface area contributed by atoms with Gasteiger partial charge in [0.15, 0.2) is 5.82 Å². The normalized spacial score (nSPS) is 17.3. The standard InChI is InChI=1S/C13H14FN3O2/c1-8-16-13(17-19-8)7-15-6-11-5-9-4-10(14)2-3-12(9)18-11/h2-4,11,15H,5-7H2,1H3. The minimum atomic E-state index is -0.224. The van der Waals surface area contributed by atoms with Crippen LogP contribution >= 0.6 is 0 Å². The van der Waals surface area contributed by atoms with Gasteiger partial charge in [0, 0.05) is 25.5 Å². The Morgan fingerprint density at radius 2 is 2.37 bits per heavy atom. The molecule has 1 atom stereocenters. The van der Waals surface area contributed by atoms with Gasteiger partial charge in [-0.1, -0.05) is 5.16 Å². The van der Waals surface area contributed by atoms with Crippen LogP contribution in [0.25, 0.3) is 0 Å². The lowest BCUT2D eigenvalue weighted by atomic mass is 10.1. The van der Waals surface area contributed by atoms with Crippen LogP contribution in [0.1, 0.15) is 17.3 Å². The van der Waals surface area contributed by atoms with Crippen LogP contribution in [0, 0.1) is 12.7 Å². The Balaban J connectivity index is 1.51. The van der Waals surface area contributed by atoms with Crippen LogP contribution in [-0.4, -0.2) is 22.8 Å². The number of nitrogens with zero attached hydrogens (tertiary/aromatic N) is 2. The van der Waals surface area contributed by atoms with Gasteiger partial charge in [0.05, 0.1) is 6.54 Å². The lowest BCUT2D eigenvalue weighted by molar-refractivity contribution is 0.226. The van der Waals surface area contributed by atoms with Crippen molar-refractivity contribution in [1.82, 2.24) is 15.5 Å². The van der Waals surface area contributed by atoms with Gasteiger partial charge in [-0.3, -0.25) is 0 Å². The molecule has 1 aliphatic heterocycles. The van der Waals surface area contributed by atoms with Crippen molar-refractivity contribution in [1.29, 1.82) is 0 Å². The van der Waals surface area contributed by atoms with E-state index in [0.29, 0.717) is 31.2 Å². The van der Waals surface area contributed by atoms with Crippen molar-refractivity contribution in [2.45, 2.75) is 26.0 Å². The maximum atomic E-state index is 13.1. The Bertz CT molecular complexity index is 585. The van der Waals surface area contributed by atoms with Crippen molar-refractivity contribution >= 4 is 0 Å². The van der Waals surface area contributed by atoms with Crippen LogP contribution in [0.4, 0.5) is 4.39 Å². The summed E-state index contributed by atoms with van der Waals surface area (Å²) in [5.41, 5.74) is 0.919. The van der Waals surface area contributed by atoms with Crippen LogP contribution in [-0.2, 0) is 13.0 Å². The SMILES string of the molecule is Cc1nc(CNCC2Cc3cc(F)ccc3O2)no1. The van der Waals surface area contributed by atoms with Gasteiger partial charge in [0.25, 0.3) is 0 Å². The van der Waals surface area contributed by atoms with E-state index in [9.17, 15) is 4.39 Å². The number of rotatable bonds is 4. The Hall–Kier alpha value is -1.95. The van der Waals surface area contributed by atoms with Crippen LogP contribution in [0.15, 0.2) is 22.7 Å². The zero-order chi connectivity index (χ0) is 13.2. The number of benzene rings is 1. The quantitative estimate of drug-likeness (QED) is 0.908. The maximum Gasteiger partial charge on any atom is 0.223 e. The first-order valence-corrected chi connectivity index (χ1v) is 6.16. The highest BCUT2D eigenvalue weighted by Crippen LogP contribution is 2.28. The monoisotopic (exact) mass is 263 g/mol. The van der Waals surface area contributed by atoms with E-state index >= 15 is 0 Å². The fraction of sp³-hybridized carbons (Fsp3) is 0.385. The molecule has 0 saturated carbocycles. The number of hydrogen-bond donors (Lipinski definition) is 1. The highest BCUT2D eigenvalue weighted by Gasteiger charge is 2.22. The Kier molecular flexibility index (Phi) is 3.16. The zero-order valence-corrected chi connectivity index (χ0v) is 10.5. The summed E-state index contributed by atoms with van der Waals surface area (Å²) in [6.07, 6.45) is 0.732. The van der Waals surface area contributed by atoms with Crippen LogP contribution in [0.3, 0.4) is 0 Å². The summed E-state index contributed by atoms with van der Waals surface area (Å²) in [4.78, 5) is 4.10. The summed E-state index contributed by atoms with van der Waals surface area (Å²) >= 11 is 0. The molecule has 1 unspecified atom stereocenters. The number of hydrogen-bond acceptors (Lipinski definition) is 5. The number of fused-ring (bicyclic) bond motifs is 1. The first-order chi connectivity index (χ1) is 9.20. The molecule has 0 bridgehead atoms. The third-order valence-corrected chi connectivity index (χ3v) is 2.99. The van der Waals surface area contributed by atoms with E-state index in [-0.39, 0.29) is 11.9 Å². The first-order valence-electron chi connectivity index (χ1n) is 6.16. The summed E-state index contributed by atoms with van der Waals surface area (Å²) in [5.74, 6) is 1.72. The van der Waals surface area contributed by atoms with Crippen molar-refractivity contribution in [2.24, 2.45) is 0 Å². The fourth-order valence-electron chi connectivity index (χ4n) is 2.16. The van der Waals surface area contributed by atoms with E-state index in [2.05, 4.69) is 15.5 Å². The van der Waals surface area contributed by atoms with E-state index in [1.165, 1.54) is 12.1 Å². The third kappa shape index (κ3) is 2.73. The molecular weight excluding hydrogens is 249 g/mol. The molecule has 3 rings (SSSR count). The number of nitrogens with one attached hydrogen (secondary N) is 1. The van der Waals surface area contributed by atoms with Crippen molar-refractivity contribution in [3.8, 4) is 5.75 Å². The molecule has 2 aromatic rings. The second kappa shape index (κ2) is 4.97. The van der Waals surface area contributed by atoms with E-state index in [1.807, 2.05) is 0 Å². The molecule has 1 aromatic carbocycles. The molecule has 1 aromatic heterocycles. The summed E-state index contributed by atoms with van der Waals surface area (Å²) in [7, 11) is 0. The fourth-order valence-corrected chi connectivity index (χ4v) is 2.16. The molecule has 0 spiro atoms. The second-order valence-corrected chi connectivity index (χ2v) is 4.56. The topological polar surface area (TPSA) is 60.2 Å². The Labute approximate surface area is 109 Å². The molecule has 0 amide bonds. The predicted molar refractivity (Wildman–Crippen MR) is 65.3 cm³/mol. The molecule has 5 nitrogen and oxygen atoms in total. The average molecular weight is 263 g/mol.